The minimum Gasteiger partial charge on any atom is -0.461 e. The average molecular weight is 168 g/mol. The maximum atomic E-state index is 11.1. The van der Waals surface area contributed by atoms with E-state index in [1.165, 1.54) is 6.92 Å². The SMILES string of the molecule is CC(=O)OCC1=CCCCC1=O. The van der Waals surface area contributed by atoms with Gasteiger partial charge < -0.3 is 4.74 Å². The van der Waals surface area contributed by atoms with E-state index in [9.17, 15) is 9.59 Å². The molecule has 0 spiro atoms. The number of allylic oxidation sites excluding steroid dienone is 1. The zero-order chi connectivity index (χ0) is 8.97. The molecule has 12 heavy (non-hydrogen) atoms. The lowest BCUT2D eigenvalue weighted by Gasteiger charge is -2.10. The van der Waals surface area contributed by atoms with E-state index in [0.717, 1.165) is 12.8 Å². The van der Waals surface area contributed by atoms with Gasteiger partial charge in [-0.25, -0.2) is 0 Å². The Morgan fingerprint density at radius 1 is 1.67 bits per heavy atom. The van der Waals surface area contributed by atoms with Gasteiger partial charge in [0.15, 0.2) is 5.78 Å². The van der Waals surface area contributed by atoms with Crippen LogP contribution in [0.3, 0.4) is 0 Å². The first kappa shape index (κ1) is 8.97. The summed E-state index contributed by atoms with van der Waals surface area (Å²) >= 11 is 0. The fourth-order valence-corrected chi connectivity index (χ4v) is 1.13. The summed E-state index contributed by atoms with van der Waals surface area (Å²) in [6.45, 7) is 1.49. The number of carbonyl (C=O) groups is 2. The summed E-state index contributed by atoms with van der Waals surface area (Å²) in [6.07, 6.45) is 4.28. The molecule has 0 N–H and O–H groups in total. The van der Waals surface area contributed by atoms with Crippen LogP contribution in [-0.4, -0.2) is 18.4 Å². The van der Waals surface area contributed by atoms with Crippen molar-refractivity contribution in [2.45, 2.75) is 26.2 Å². The second-order valence-electron chi connectivity index (χ2n) is 2.83. The number of hydrogen-bond donors (Lipinski definition) is 0. The highest BCUT2D eigenvalue weighted by Gasteiger charge is 2.13. The highest BCUT2D eigenvalue weighted by Crippen LogP contribution is 2.13. The normalized spacial score (nSPS) is 17.1. The van der Waals surface area contributed by atoms with Gasteiger partial charge in [0.25, 0.3) is 0 Å². The van der Waals surface area contributed by atoms with E-state index in [1.807, 2.05) is 6.08 Å². The molecule has 0 aliphatic heterocycles. The molecule has 0 bridgehead atoms. The van der Waals surface area contributed by atoms with E-state index in [2.05, 4.69) is 0 Å². The first-order valence-electron chi connectivity index (χ1n) is 4.06. The van der Waals surface area contributed by atoms with Gasteiger partial charge in [0, 0.05) is 18.9 Å². The summed E-state index contributed by atoms with van der Waals surface area (Å²) < 4.78 is 4.72. The molecular formula is C9H12O3. The average Bonchev–Trinajstić information content (AvgIpc) is 2.03. The van der Waals surface area contributed by atoms with Gasteiger partial charge in [-0.1, -0.05) is 6.08 Å². The molecule has 0 amide bonds. The molecular weight excluding hydrogens is 156 g/mol. The third-order valence-electron chi connectivity index (χ3n) is 1.79. The van der Waals surface area contributed by atoms with Crippen molar-refractivity contribution >= 4 is 11.8 Å². The Bertz CT molecular complexity index is 228. The molecule has 0 fully saturated rings. The summed E-state index contributed by atoms with van der Waals surface area (Å²) in [6, 6.07) is 0. The molecule has 0 aromatic rings. The number of carbonyl (C=O) groups excluding carboxylic acids is 2. The minimum atomic E-state index is -0.339. The van der Waals surface area contributed by atoms with Crippen LogP contribution in [0.5, 0.6) is 0 Å². The van der Waals surface area contributed by atoms with E-state index in [0.29, 0.717) is 12.0 Å². The van der Waals surface area contributed by atoms with Gasteiger partial charge in [-0.15, -0.1) is 0 Å². The Morgan fingerprint density at radius 3 is 3.00 bits per heavy atom. The van der Waals surface area contributed by atoms with Gasteiger partial charge >= 0.3 is 5.97 Å². The smallest absolute Gasteiger partial charge is 0.302 e. The van der Waals surface area contributed by atoms with Gasteiger partial charge in [0.1, 0.15) is 6.61 Å². The van der Waals surface area contributed by atoms with Crippen LogP contribution in [0.4, 0.5) is 0 Å². The largest absolute Gasteiger partial charge is 0.461 e. The third kappa shape index (κ3) is 2.49. The Labute approximate surface area is 71.4 Å². The Hall–Kier alpha value is -1.12. The highest BCUT2D eigenvalue weighted by molar-refractivity contribution is 5.96. The second kappa shape index (κ2) is 4.04. The Morgan fingerprint density at radius 2 is 2.42 bits per heavy atom. The fraction of sp³-hybridized carbons (Fsp3) is 0.556. The molecule has 0 unspecified atom stereocenters. The molecule has 1 rings (SSSR count). The molecule has 3 nitrogen and oxygen atoms in total. The second-order valence-corrected chi connectivity index (χ2v) is 2.83. The van der Waals surface area contributed by atoms with Crippen LogP contribution in [0.2, 0.25) is 0 Å². The van der Waals surface area contributed by atoms with Crippen LogP contribution in [0.15, 0.2) is 11.6 Å². The molecule has 0 radical (unpaired) electrons. The van der Waals surface area contributed by atoms with Crippen molar-refractivity contribution in [2.75, 3.05) is 6.61 Å². The van der Waals surface area contributed by atoms with Crippen LogP contribution >= 0.6 is 0 Å². The Balaban J connectivity index is 2.44. The van der Waals surface area contributed by atoms with Crippen molar-refractivity contribution in [1.82, 2.24) is 0 Å². The van der Waals surface area contributed by atoms with Crippen molar-refractivity contribution in [3.8, 4) is 0 Å². The maximum absolute atomic E-state index is 11.1. The standard InChI is InChI=1S/C9H12O3/c1-7(10)12-6-8-4-2-3-5-9(8)11/h4H,2-3,5-6H2,1H3. The van der Waals surface area contributed by atoms with Gasteiger partial charge in [-0.05, 0) is 12.8 Å². The van der Waals surface area contributed by atoms with Crippen LogP contribution in [0.1, 0.15) is 26.2 Å². The summed E-state index contributed by atoms with van der Waals surface area (Å²) in [4.78, 5) is 21.6. The van der Waals surface area contributed by atoms with E-state index >= 15 is 0 Å². The molecule has 0 heterocycles. The van der Waals surface area contributed by atoms with Crippen molar-refractivity contribution in [3.63, 3.8) is 0 Å². The van der Waals surface area contributed by atoms with Gasteiger partial charge in [-0.3, -0.25) is 9.59 Å². The van der Waals surface area contributed by atoms with Crippen molar-refractivity contribution in [3.05, 3.63) is 11.6 Å². The lowest BCUT2D eigenvalue weighted by Crippen LogP contribution is -2.13. The maximum Gasteiger partial charge on any atom is 0.302 e. The molecule has 66 valence electrons. The molecule has 1 aliphatic rings. The number of rotatable bonds is 2. The first-order chi connectivity index (χ1) is 5.70. The lowest BCUT2D eigenvalue weighted by molar-refractivity contribution is -0.140. The van der Waals surface area contributed by atoms with Gasteiger partial charge in [0.2, 0.25) is 0 Å². The van der Waals surface area contributed by atoms with Crippen LogP contribution < -0.4 is 0 Å². The van der Waals surface area contributed by atoms with Gasteiger partial charge in [0.05, 0.1) is 0 Å². The van der Waals surface area contributed by atoms with E-state index < -0.39 is 0 Å². The zero-order valence-corrected chi connectivity index (χ0v) is 7.13. The van der Waals surface area contributed by atoms with Crippen LogP contribution in [-0.2, 0) is 14.3 Å². The molecule has 1 aliphatic carbocycles. The molecule has 0 atom stereocenters. The van der Waals surface area contributed by atoms with E-state index in [4.69, 9.17) is 4.74 Å². The van der Waals surface area contributed by atoms with Crippen LogP contribution in [0.25, 0.3) is 0 Å². The number of ether oxygens (including phenoxy) is 1. The highest BCUT2D eigenvalue weighted by atomic mass is 16.5. The molecule has 0 saturated heterocycles. The predicted molar refractivity (Wildman–Crippen MR) is 43.6 cm³/mol. The summed E-state index contributed by atoms with van der Waals surface area (Å²) in [5.74, 6) is -0.225. The quantitative estimate of drug-likeness (QED) is 0.582. The summed E-state index contributed by atoms with van der Waals surface area (Å²) in [5, 5.41) is 0. The van der Waals surface area contributed by atoms with Crippen LogP contribution in [0, 0.1) is 0 Å². The molecule has 3 heteroatoms. The van der Waals surface area contributed by atoms with Crippen molar-refractivity contribution in [1.29, 1.82) is 0 Å². The number of Topliss-reactive ketones (excluding diaryl/α,β-unsaturated/α-hetero) is 1. The van der Waals surface area contributed by atoms with E-state index in [-0.39, 0.29) is 18.4 Å². The topological polar surface area (TPSA) is 43.4 Å². The number of hydrogen-bond acceptors (Lipinski definition) is 3. The lowest BCUT2D eigenvalue weighted by atomic mass is 9.99. The minimum absolute atomic E-state index is 0.113. The third-order valence-corrected chi connectivity index (χ3v) is 1.79. The van der Waals surface area contributed by atoms with Crippen molar-refractivity contribution < 1.29 is 14.3 Å². The molecule has 0 saturated carbocycles. The monoisotopic (exact) mass is 168 g/mol. The first-order valence-corrected chi connectivity index (χ1v) is 4.06. The Kier molecular flexibility index (Phi) is 3.02. The van der Waals surface area contributed by atoms with Crippen molar-refractivity contribution in [2.24, 2.45) is 0 Å². The fourth-order valence-electron chi connectivity index (χ4n) is 1.13. The molecule has 0 aromatic heterocycles. The van der Waals surface area contributed by atoms with E-state index in [1.54, 1.807) is 0 Å². The van der Waals surface area contributed by atoms with Gasteiger partial charge in [-0.2, -0.15) is 0 Å². The summed E-state index contributed by atoms with van der Waals surface area (Å²) in [5.41, 5.74) is 0.649. The number of esters is 1. The zero-order valence-electron chi connectivity index (χ0n) is 7.13. The summed E-state index contributed by atoms with van der Waals surface area (Å²) in [7, 11) is 0. The molecule has 0 aromatic carbocycles. The number of ketones is 1. The predicted octanol–water partition coefficient (Wildman–Crippen LogP) is 1.23.